The Bertz CT molecular complexity index is 46.8. The van der Waals surface area contributed by atoms with Gasteiger partial charge in [-0.15, -0.1) is 0 Å². The summed E-state index contributed by atoms with van der Waals surface area (Å²) < 4.78 is 0. The molecule has 0 aromatic rings. The Morgan fingerprint density at radius 2 is 2.00 bits per heavy atom. The maximum absolute atomic E-state index is 9.24. The first-order valence-corrected chi connectivity index (χ1v) is 1.19. The second-order valence-corrected chi connectivity index (χ2v) is 0.598. The maximum Gasteiger partial charge on any atom is 0.317 e. The van der Waals surface area contributed by atoms with Crippen LogP contribution in [0.2, 0.25) is 0 Å². The fourth-order valence-electron chi connectivity index (χ4n) is 0. The third-order valence-corrected chi connectivity index (χ3v) is 0.175. The molecule has 0 saturated carbocycles. The molecule has 6 heavy (non-hydrogen) atoms. The molecule has 0 bridgehead atoms. The first kappa shape index (κ1) is 9.37. The van der Waals surface area contributed by atoms with Gasteiger partial charge in [0.2, 0.25) is 0 Å². The summed E-state index contributed by atoms with van der Waals surface area (Å²) in [5.74, 6) is -0.968. The van der Waals surface area contributed by atoms with Crippen molar-refractivity contribution < 1.29 is 9.90 Å². The van der Waals surface area contributed by atoms with Gasteiger partial charge in [0.05, 0.1) is 6.54 Å². The molecule has 3 radical (unpaired) electrons. The van der Waals surface area contributed by atoms with Gasteiger partial charge in [0.1, 0.15) is 0 Å². The van der Waals surface area contributed by atoms with Gasteiger partial charge < -0.3 is 10.8 Å². The Balaban J connectivity index is 0. The zero-order chi connectivity index (χ0) is 4.28. The van der Waals surface area contributed by atoms with Crippen LogP contribution in [0.5, 0.6) is 0 Å². The Kier molecular flexibility index (Phi) is 7.79. The van der Waals surface area contributed by atoms with Gasteiger partial charge in [0.25, 0.3) is 0 Å². The van der Waals surface area contributed by atoms with Gasteiger partial charge in [0, 0.05) is 18.0 Å². The average Bonchev–Trinajstić information content (AvgIpc) is 1.38. The number of carboxylic acid groups (broad SMARTS) is 1. The summed E-state index contributed by atoms with van der Waals surface area (Å²) in [6.45, 7) is -0.278. The number of hydrogen-bond donors (Lipinski definition) is 2. The van der Waals surface area contributed by atoms with Crippen LogP contribution in [0.4, 0.5) is 0 Å². The van der Waals surface area contributed by atoms with Crippen molar-refractivity contribution in [1.29, 1.82) is 0 Å². The fourth-order valence-corrected chi connectivity index (χ4v) is 0. The summed E-state index contributed by atoms with van der Waals surface area (Å²) in [5.41, 5.74) is 4.57. The van der Waals surface area contributed by atoms with Crippen LogP contribution in [0.15, 0.2) is 0 Å². The van der Waals surface area contributed by atoms with Crippen molar-refractivity contribution in [3.05, 3.63) is 0 Å². The number of carboxylic acids is 1. The van der Waals surface area contributed by atoms with Crippen molar-refractivity contribution in [2.24, 2.45) is 5.73 Å². The van der Waals surface area contributed by atoms with Crippen LogP contribution in [0.25, 0.3) is 0 Å². The molecule has 3 N–H and O–H groups in total. The van der Waals surface area contributed by atoms with Crippen LogP contribution >= 0.6 is 0 Å². The second kappa shape index (κ2) is 4.99. The first-order chi connectivity index (χ1) is 2.27. The van der Waals surface area contributed by atoms with Crippen LogP contribution in [0.3, 0.4) is 0 Å². The van der Waals surface area contributed by atoms with E-state index >= 15 is 0 Å². The molecule has 0 rings (SSSR count). The molecule has 0 fully saturated rings. The van der Waals surface area contributed by atoms with Crippen molar-refractivity contribution in [3.8, 4) is 0 Å². The van der Waals surface area contributed by atoms with Crippen molar-refractivity contribution in [2.75, 3.05) is 6.54 Å². The first-order valence-electron chi connectivity index (χ1n) is 1.19. The van der Waals surface area contributed by atoms with Crippen LogP contribution in [-0.2, 0) is 4.79 Å². The van der Waals surface area contributed by atoms with E-state index in [0.717, 1.165) is 0 Å². The van der Waals surface area contributed by atoms with Gasteiger partial charge in [-0.05, 0) is 0 Å². The van der Waals surface area contributed by atoms with Gasteiger partial charge in [-0.1, -0.05) is 0 Å². The summed E-state index contributed by atoms with van der Waals surface area (Å²) in [6, 6.07) is 0. The summed E-state index contributed by atoms with van der Waals surface area (Å²) >= 11 is 0. The number of aliphatic carboxylic acids is 1. The van der Waals surface area contributed by atoms with Gasteiger partial charge in [0.15, 0.2) is 0 Å². The standard InChI is InChI=1S/C2H5NO2.As/c3-1-2(4)5;/h1,3H2,(H,4,5);. The van der Waals surface area contributed by atoms with E-state index in [1.54, 1.807) is 0 Å². The Hall–Kier alpha value is -0.0116. The third kappa shape index (κ3) is 9.01. The zero-order valence-corrected chi connectivity index (χ0v) is 4.96. The molecule has 0 saturated heterocycles. The quantitative estimate of drug-likeness (QED) is 0.454. The molecule has 0 spiro atoms. The van der Waals surface area contributed by atoms with Gasteiger partial charge in [-0.25, -0.2) is 0 Å². The predicted octanol–water partition coefficient (Wildman–Crippen LogP) is -1.35. The van der Waals surface area contributed by atoms with Crippen molar-refractivity contribution >= 4 is 23.9 Å². The maximum atomic E-state index is 9.24. The minimum atomic E-state index is -0.968. The number of hydrogen-bond acceptors (Lipinski definition) is 2. The van der Waals surface area contributed by atoms with E-state index in [4.69, 9.17) is 5.11 Å². The smallest absolute Gasteiger partial charge is 0.317 e. The molecule has 0 heterocycles. The SMILES string of the molecule is NCC(=O)O.[As]. The summed E-state index contributed by atoms with van der Waals surface area (Å²) in [4.78, 5) is 9.24. The minimum Gasteiger partial charge on any atom is -0.480 e. The van der Waals surface area contributed by atoms with E-state index in [1.807, 2.05) is 0 Å². The normalized spacial score (nSPS) is 6.17. The zero-order valence-electron chi connectivity index (χ0n) is 3.09. The van der Waals surface area contributed by atoms with Crippen LogP contribution in [-0.4, -0.2) is 35.6 Å². The fraction of sp³-hybridized carbons (Fsp3) is 0.500. The van der Waals surface area contributed by atoms with Gasteiger partial charge in [-0.3, -0.25) is 4.79 Å². The average molecular weight is 150 g/mol. The molecule has 0 aromatic heterocycles. The molecule has 0 aliphatic heterocycles. The van der Waals surface area contributed by atoms with E-state index in [1.165, 1.54) is 0 Å². The Morgan fingerprint density at radius 3 is 2.00 bits per heavy atom. The van der Waals surface area contributed by atoms with Crippen molar-refractivity contribution in [2.45, 2.75) is 0 Å². The van der Waals surface area contributed by atoms with E-state index in [0.29, 0.717) is 0 Å². The predicted molar refractivity (Wildman–Crippen MR) is 22.4 cm³/mol. The minimum absolute atomic E-state index is 0. The molecule has 0 aliphatic carbocycles. The van der Waals surface area contributed by atoms with E-state index in [-0.39, 0.29) is 24.5 Å². The van der Waals surface area contributed by atoms with Crippen LogP contribution in [0.1, 0.15) is 0 Å². The van der Waals surface area contributed by atoms with E-state index in [2.05, 4.69) is 5.73 Å². The molecule has 0 unspecified atom stereocenters. The monoisotopic (exact) mass is 150 g/mol. The molecule has 35 valence electrons. The summed E-state index contributed by atoms with van der Waals surface area (Å²) in [5, 5.41) is 7.60. The Labute approximate surface area is 46.8 Å². The Morgan fingerprint density at radius 1 is 1.83 bits per heavy atom. The van der Waals surface area contributed by atoms with E-state index in [9.17, 15) is 4.79 Å². The molecule has 4 heteroatoms. The molecular weight excluding hydrogens is 145 g/mol. The van der Waals surface area contributed by atoms with Crippen LogP contribution < -0.4 is 5.73 Å². The number of rotatable bonds is 1. The largest absolute Gasteiger partial charge is 0.480 e. The number of carbonyl (C=O) groups is 1. The van der Waals surface area contributed by atoms with Crippen LogP contribution in [0, 0.1) is 0 Å². The molecule has 0 aromatic carbocycles. The molecule has 0 atom stereocenters. The molecule has 0 amide bonds. The van der Waals surface area contributed by atoms with E-state index < -0.39 is 5.97 Å². The molecule has 3 nitrogen and oxygen atoms in total. The molecule has 0 aliphatic rings. The second-order valence-electron chi connectivity index (χ2n) is 0.598. The van der Waals surface area contributed by atoms with Crippen molar-refractivity contribution in [3.63, 3.8) is 0 Å². The van der Waals surface area contributed by atoms with Crippen molar-refractivity contribution in [1.82, 2.24) is 0 Å². The summed E-state index contributed by atoms with van der Waals surface area (Å²) in [7, 11) is 0. The topological polar surface area (TPSA) is 63.3 Å². The number of nitrogens with two attached hydrogens (primary N) is 1. The summed E-state index contributed by atoms with van der Waals surface area (Å²) in [6.07, 6.45) is 0. The third-order valence-electron chi connectivity index (χ3n) is 0.175. The molecular formula is C2H5AsNO2. The van der Waals surface area contributed by atoms with Gasteiger partial charge in [-0.2, -0.15) is 0 Å². The van der Waals surface area contributed by atoms with Gasteiger partial charge >= 0.3 is 5.97 Å².